The highest BCUT2D eigenvalue weighted by Crippen LogP contribution is 2.33. The van der Waals surface area contributed by atoms with Crippen molar-refractivity contribution in [3.05, 3.63) is 34.3 Å². The van der Waals surface area contributed by atoms with Gasteiger partial charge in [0.25, 0.3) is 5.91 Å². The summed E-state index contributed by atoms with van der Waals surface area (Å²) in [6.07, 6.45) is 1.72. The SMILES string of the molecule is O=C(O)C=CC(=O)c1cc2c(cc1Br)NC(=O)CO2. The standard InChI is InChI=1S/C12H8BrNO5/c13-7-4-8-10(19-5-11(16)14-8)3-6(7)9(15)1-2-12(17)18/h1-4H,5H2,(H,14,16)(H,17,18). The van der Waals surface area contributed by atoms with Gasteiger partial charge in [0.15, 0.2) is 12.4 Å². The van der Waals surface area contributed by atoms with Crippen LogP contribution in [-0.2, 0) is 9.59 Å². The number of aliphatic carboxylic acids is 1. The Hall–Kier alpha value is -2.15. The molecule has 0 unspecified atom stereocenters. The first-order valence-electron chi connectivity index (χ1n) is 5.19. The second-order valence-corrected chi connectivity index (χ2v) is 4.56. The van der Waals surface area contributed by atoms with E-state index in [2.05, 4.69) is 21.2 Å². The molecule has 1 amide bonds. The fourth-order valence-corrected chi connectivity index (χ4v) is 2.06. The van der Waals surface area contributed by atoms with E-state index in [1.807, 2.05) is 0 Å². The molecule has 0 fully saturated rings. The molecule has 1 aliphatic rings. The number of allylic oxidation sites excluding steroid dienone is 1. The highest BCUT2D eigenvalue weighted by atomic mass is 79.9. The second kappa shape index (κ2) is 5.23. The number of nitrogens with one attached hydrogen (secondary N) is 1. The van der Waals surface area contributed by atoms with Crippen molar-refractivity contribution in [1.82, 2.24) is 0 Å². The fraction of sp³-hybridized carbons (Fsp3) is 0.0833. The molecule has 0 aromatic heterocycles. The largest absolute Gasteiger partial charge is 0.482 e. The molecule has 6 nitrogen and oxygen atoms in total. The van der Waals surface area contributed by atoms with Crippen LogP contribution in [0.1, 0.15) is 10.4 Å². The van der Waals surface area contributed by atoms with Gasteiger partial charge >= 0.3 is 5.97 Å². The highest BCUT2D eigenvalue weighted by Gasteiger charge is 2.19. The predicted molar refractivity (Wildman–Crippen MR) is 69.4 cm³/mol. The normalized spacial score (nSPS) is 13.6. The number of anilines is 1. The Bertz CT molecular complexity index is 608. The number of carboxylic acids is 1. The van der Waals surface area contributed by atoms with E-state index in [4.69, 9.17) is 9.84 Å². The summed E-state index contributed by atoms with van der Waals surface area (Å²) in [6.45, 7) is -0.118. The average molecular weight is 326 g/mol. The molecule has 0 radical (unpaired) electrons. The third kappa shape index (κ3) is 3.00. The molecule has 1 aliphatic heterocycles. The molecule has 0 saturated carbocycles. The van der Waals surface area contributed by atoms with Gasteiger partial charge in [-0.3, -0.25) is 9.59 Å². The van der Waals surface area contributed by atoms with E-state index >= 15 is 0 Å². The lowest BCUT2D eigenvalue weighted by Gasteiger charge is -2.19. The van der Waals surface area contributed by atoms with Gasteiger partial charge in [-0.2, -0.15) is 0 Å². The molecule has 1 aromatic rings. The smallest absolute Gasteiger partial charge is 0.328 e. The van der Waals surface area contributed by atoms with E-state index in [0.717, 1.165) is 12.2 Å². The van der Waals surface area contributed by atoms with Gasteiger partial charge in [0.1, 0.15) is 5.75 Å². The number of hydrogen-bond donors (Lipinski definition) is 2. The minimum absolute atomic E-state index is 0.118. The summed E-state index contributed by atoms with van der Waals surface area (Å²) in [7, 11) is 0. The quantitative estimate of drug-likeness (QED) is 0.650. The summed E-state index contributed by atoms with van der Waals surface area (Å²) in [6, 6.07) is 2.99. The molecule has 0 bridgehead atoms. The van der Waals surface area contributed by atoms with Crippen molar-refractivity contribution >= 4 is 39.3 Å². The number of benzene rings is 1. The van der Waals surface area contributed by atoms with Crippen LogP contribution in [0, 0.1) is 0 Å². The van der Waals surface area contributed by atoms with Crippen LogP contribution in [-0.4, -0.2) is 29.4 Å². The zero-order valence-electron chi connectivity index (χ0n) is 9.47. The first-order chi connectivity index (χ1) is 8.97. The van der Waals surface area contributed by atoms with Gasteiger partial charge in [-0.25, -0.2) is 4.79 Å². The number of amides is 1. The van der Waals surface area contributed by atoms with Crippen molar-refractivity contribution < 1.29 is 24.2 Å². The lowest BCUT2D eigenvalue weighted by molar-refractivity contribution is -0.131. The summed E-state index contributed by atoms with van der Waals surface area (Å²) < 4.78 is 5.62. The van der Waals surface area contributed by atoms with Gasteiger partial charge in [-0.15, -0.1) is 0 Å². The average Bonchev–Trinajstić information content (AvgIpc) is 2.35. The summed E-state index contributed by atoms with van der Waals surface area (Å²) in [5, 5.41) is 11.1. The Balaban J connectivity index is 2.35. The zero-order valence-corrected chi connectivity index (χ0v) is 11.1. The van der Waals surface area contributed by atoms with Gasteiger partial charge in [0, 0.05) is 16.1 Å². The number of carboxylic acid groups (broad SMARTS) is 1. The number of ether oxygens (including phenoxy) is 1. The maximum atomic E-state index is 11.8. The van der Waals surface area contributed by atoms with Crippen molar-refractivity contribution in [1.29, 1.82) is 0 Å². The van der Waals surface area contributed by atoms with E-state index in [1.54, 1.807) is 0 Å². The molecule has 2 N–H and O–H groups in total. The Morgan fingerprint density at radius 2 is 2.11 bits per heavy atom. The maximum absolute atomic E-state index is 11.8. The second-order valence-electron chi connectivity index (χ2n) is 3.70. The maximum Gasteiger partial charge on any atom is 0.328 e. The van der Waals surface area contributed by atoms with Crippen LogP contribution in [0.2, 0.25) is 0 Å². The minimum atomic E-state index is -1.20. The molecule has 0 aliphatic carbocycles. The summed E-state index contributed by atoms with van der Waals surface area (Å²) >= 11 is 3.19. The molecule has 0 saturated heterocycles. The van der Waals surface area contributed by atoms with E-state index in [9.17, 15) is 14.4 Å². The van der Waals surface area contributed by atoms with E-state index in [0.29, 0.717) is 15.9 Å². The number of ketones is 1. The van der Waals surface area contributed by atoms with Crippen molar-refractivity contribution in [2.75, 3.05) is 11.9 Å². The number of hydrogen-bond acceptors (Lipinski definition) is 4. The van der Waals surface area contributed by atoms with Crippen LogP contribution >= 0.6 is 15.9 Å². The van der Waals surface area contributed by atoms with Crippen molar-refractivity contribution in [2.24, 2.45) is 0 Å². The summed E-state index contributed by atoms with van der Waals surface area (Å²) in [5.74, 6) is -1.58. The monoisotopic (exact) mass is 325 g/mol. The molecular weight excluding hydrogens is 318 g/mol. The number of carbonyl (C=O) groups excluding carboxylic acids is 2. The lowest BCUT2D eigenvalue weighted by atomic mass is 10.1. The number of carbonyl (C=O) groups is 3. The molecule has 19 heavy (non-hydrogen) atoms. The van der Waals surface area contributed by atoms with Crippen LogP contribution in [0.4, 0.5) is 5.69 Å². The van der Waals surface area contributed by atoms with Crippen LogP contribution in [0.5, 0.6) is 5.75 Å². The van der Waals surface area contributed by atoms with Crippen LogP contribution < -0.4 is 10.1 Å². The fourth-order valence-electron chi connectivity index (χ4n) is 1.53. The molecule has 0 spiro atoms. The third-order valence-electron chi connectivity index (χ3n) is 2.34. The Morgan fingerprint density at radius 3 is 2.79 bits per heavy atom. The Morgan fingerprint density at radius 1 is 1.37 bits per heavy atom. The Kier molecular flexibility index (Phi) is 3.66. The van der Waals surface area contributed by atoms with E-state index < -0.39 is 11.8 Å². The third-order valence-corrected chi connectivity index (χ3v) is 3.00. The number of fused-ring (bicyclic) bond motifs is 1. The summed E-state index contributed by atoms with van der Waals surface area (Å²) in [5.41, 5.74) is 0.717. The number of rotatable bonds is 3. The van der Waals surface area contributed by atoms with Crippen molar-refractivity contribution in [3.8, 4) is 5.75 Å². The molecule has 98 valence electrons. The molecule has 7 heteroatoms. The lowest BCUT2D eigenvalue weighted by Crippen LogP contribution is -2.25. The van der Waals surface area contributed by atoms with Gasteiger partial charge in [-0.1, -0.05) is 0 Å². The van der Waals surface area contributed by atoms with E-state index in [-0.39, 0.29) is 18.1 Å². The number of halogens is 1. The first-order valence-corrected chi connectivity index (χ1v) is 5.98. The molecule has 1 heterocycles. The molecule has 0 atom stereocenters. The highest BCUT2D eigenvalue weighted by molar-refractivity contribution is 9.10. The van der Waals surface area contributed by atoms with Gasteiger partial charge in [-0.05, 0) is 34.1 Å². The van der Waals surface area contributed by atoms with Crippen LogP contribution in [0.25, 0.3) is 0 Å². The first kappa shape index (κ1) is 13.3. The van der Waals surface area contributed by atoms with Gasteiger partial charge < -0.3 is 15.2 Å². The van der Waals surface area contributed by atoms with Crippen molar-refractivity contribution in [3.63, 3.8) is 0 Å². The van der Waals surface area contributed by atoms with Crippen molar-refractivity contribution in [2.45, 2.75) is 0 Å². The molecule has 2 rings (SSSR count). The zero-order chi connectivity index (χ0) is 14.0. The van der Waals surface area contributed by atoms with Crippen LogP contribution in [0.3, 0.4) is 0 Å². The minimum Gasteiger partial charge on any atom is -0.482 e. The van der Waals surface area contributed by atoms with Crippen LogP contribution in [0.15, 0.2) is 28.8 Å². The molecule has 1 aromatic carbocycles. The summed E-state index contributed by atoms with van der Waals surface area (Å²) in [4.78, 5) is 33.3. The van der Waals surface area contributed by atoms with Gasteiger partial charge in [0.05, 0.1) is 5.69 Å². The van der Waals surface area contributed by atoms with E-state index in [1.165, 1.54) is 12.1 Å². The predicted octanol–water partition coefficient (Wildman–Crippen LogP) is 1.60. The Labute approximate surface area is 116 Å². The van der Waals surface area contributed by atoms with Gasteiger partial charge in [0.2, 0.25) is 0 Å². The molecular formula is C12H8BrNO5. The topological polar surface area (TPSA) is 92.7 Å².